The standard InChI is InChI=1S/C66H71NO16/c1-4-60(68)77-40-12-8-6-10-38-75-49-24-30-52(31-25-49)80-63(70)44-14-18-46(19-15-44)65(72)82-54-34-36-56-57-37-35-55(43-59(57)67-62(58(56)42-54)79-51-28-22-48(74-3)23-29-51)83-66(73)47-20-16-45(17-21-47)64(71)81-53-32-26-50(27-33-53)76-39-11-7-9-13-41-78-61(69)5-2/h4-5,22-37,42-47H,1-2,6-21,38-41H2,3H3. The van der Waals surface area contributed by atoms with Gasteiger partial charge in [0.15, 0.2) is 0 Å². The van der Waals surface area contributed by atoms with Crippen molar-refractivity contribution in [1.82, 2.24) is 4.98 Å². The zero-order chi connectivity index (χ0) is 58.3. The van der Waals surface area contributed by atoms with Gasteiger partial charge in [-0.25, -0.2) is 14.6 Å². The van der Waals surface area contributed by atoms with Crippen LogP contribution in [-0.2, 0) is 38.2 Å². The van der Waals surface area contributed by atoms with Crippen LogP contribution in [0.15, 0.2) is 135 Å². The number of methoxy groups -OCH3 is 1. The predicted molar refractivity (Wildman–Crippen MR) is 309 cm³/mol. The number of hydrogen-bond donors (Lipinski definition) is 0. The number of benzene rings is 5. The van der Waals surface area contributed by atoms with Crippen molar-refractivity contribution < 1.29 is 76.1 Å². The van der Waals surface area contributed by atoms with Crippen LogP contribution < -0.4 is 37.9 Å². The van der Waals surface area contributed by atoms with Gasteiger partial charge >= 0.3 is 35.8 Å². The number of nitrogens with zero attached hydrogens (tertiary/aromatic N) is 1. The van der Waals surface area contributed by atoms with E-state index in [0.717, 1.165) is 74.3 Å². The molecule has 2 fully saturated rings. The molecule has 0 atom stereocenters. The third-order valence-electron chi connectivity index (χ3n) is 14.7. The van der Waals surface area contributed by atoms with Crippen LogP contribution in [0.1, 0.15) is 103 Å². The molecular formula is C66H71NO16. The molecule has 2 aliphatic rings. The van der Waals surface area contributed by atoms with E-state index in [2.05, 4.69) is 13.2 Å². The highest BCUT2D eigenvalue weighted by atomic mass is 16.6. The number of fused-ring (bicyclic) bond motifs is 3. The monoisotopic (exact) mass is 1130 g/mol. The fourth-order valence-corrected chi connectivity index (χ4v) is 9.99. The largest absolute Gasteiger partial charge is 0.497 e. The number of esters is 6. The van der Waals surface area contributed by atoms with Crippen LogP contribution in [0.25, 0.3) is 21.7 Å². The van der Waals surface area contributed by atoms with E-state index in [1.54, 1.807) is 104 Å². The van der Waals surface area contributed by atoms with Gasteiger partial charge in [-0.2, -0.15) is 0 Å². The highest BCUT2D eigenvalue weighted by Crippen LogP contribution is 2.39. The number of rotatable bonds is 29. The molecule has 83 heavy (non-hydrogen) atoms. The normalized spacial score (nSPS) is 16.6. The zero-order valence-corrected chi connectivity index (χ0v) is 46.9. The first-order valence-electron chi connectivity index (χ1n) is 28.6. The van der Waals surface area contributed by atoms with Crippen molar-refractivity contribution in [3.63, 3.8) is 0 Å². The molecule has 0 unspecified atom stereocenters. The molecule has 1 heterocycles. The second-order valence-corrected chi connectivity index (χ2v) is 20.6. The molecule has 0 amide bonds. The SMILES string of the molecule is C=CC(=O)OCCCCCCOc1ccc(OC(=O)C2CCC(C(=O)Oc3ccc4c(c3)nc(Oc3ccc(OC)cc3)c3cc(OC(=O)C5CCC(C(=O)Oc6ccc(OCCCCCCOC(=O)C=C)cc6)CC5)ccc34)CC2)cc1. The summed E-state index contributed by atoms with van der Waals surface area (Å²) >= 11 is 0. The van der Waals surface area contributed by atoms with Gasteiger partial charge in [-0.3, -0.25) is 19.2 Å². The van der Waals surface area contributed by atoms with Gasteiger partial charge in [-0.05, 0) is 211 Å². The van der Waals surface area contributed by atoms with Crippen molar-refractivity contribution in [2.75, 3.05) is 33.5 Å². The van der Waals surface area contributed by atoms with Gasteiger partial charge in [-0.15, -0.1) is 0 Å². The maximum Gasteiger partial charge on any atom is 0.330 e. The van der Waals surface area contributed by atoms with Crippen LogP contribution in [-0.4, -0.2) is 74.3 Å². The molecule has 0 bridgehead atoms. The van der Waals surface area contributed by atoms with Crippen LogP contribution in [0.2, 0.25) is 0 Å². The molecule has 436 valence electrons. The van der Waals surface area contributed by atoms with Gasteiger partial charge in [-0.1, -0.05) is 13.2 Å². The summed E-state index contributed by atoms with van der Waals surface area (Å²) in [4.78, 5) is 80.8. The maximum absolute atomic E-state index is 13.7. The third kappa shape index (κ3) is 18.1. The Bertz CT molecular complexity index is 3180. The highest BCUT2D eigenvalue weighted by Gasteiger charge is 2.34. The van der Waals surface area contributed by atoms with E-state index in [0.29, 0.717) is 135 Å². The highest BCUT2D eigenvalue weighted by molar-refractivity contribution is 6.09. The smallest absolute Gasteiger partial charge is 0.330 e. The Morgan fingerprint density at radius 1 is 0.410 bits per heavy atom. The molecular weight excluding hydrogens is 1060 g/mol. The summed E-state index contributed by atoms with van der Waals surface area (Å²) in [6.07, 6.45) is 13.0. The molecule has 8 rings (SSSR count). The number of carbonyl (C=O) groups is 6. The second-order valence-electron chi connectivity index (χ2n) is 20.6. The predicted octanol–water partition coefficient (Wildman–Crippen LogP) is 13.2. The minimum absolute atomic E-state index is 0.231. The summed E-state index contributed by atoms with van der Waals surface area (Å²) < 4.78 is 56.8. The van der Waals surface area contributed by atoms with Crippen molar-refractivity contribution >= 4 is 57.5 Å². The van der Waals surface area contributed by atoms with Gasteiger partial charge in [0.1, 0.15) is 46.0 Å². The Labute approximate surface area is 483 Å². The summed E-state index contributed by atoms with van der Waals surface area (Å²) in [5.41, 5.74) is 0.502. The van der Waals surface area contributed by atoms with Gasteiger partial charge in [0.2, 0.25) is 5.88 Å². The summed E-state index contributed by atoms with van der Waals surface area (Å²) in [6.45, 7) is 8.59. The molecule has 0 radical (unpaired) electrons. The number of hydrogen-bond acceptors (Lipinski definition) is 17. The topological polar surface area (TPSA) is 208 Å². The van der Waals surface area contributed by atoms with E-state index in [9.17, 15) is 28.8 Å². The van der Waals surface area contributed by atoms with Crippen molar-refractivity contribution in [3.05, 3.63) is 135 Å². The first-order chi connectivity index (χ1) is 40.4. The molecule has 0 N–H and O–H groups in total. The lowest BCUT2D eigenvalue weighted by Crippen LogP contribution is -2.30. The Kier molecular flexibility index (Phi) is 22.5. The lowest BCUT2D eigenvalue weighted by atomic mass is 9.82. The fraction of sp³-hybridized carbons (Fsp3) is 0.379. The molecule has 0 saturated heterocycles. The first kappa shape index (κ1) is 60.4. The quantitative estimate of drug-likeness (QED) is 0.0141. The van der Waals surface area contributed by atoms with Crippen molar-refractivity contribution in [2.45, 2.75) is 103 Å². The number of ether oxygens (including phenoxy) is 10. The molecule has 0 aliphatic heterocycles. The van der Waals surface area contributed by atoms with Crippen molar-refractivity contribution in [3.8, 4) is 51.9 Å². The Balaban J connectivity index is 0.808. The minimum Gasteiger partial charge on any atom is -0.497 e. The van der Waals surface area contributed by atoms with Crippen molar-refractivity contribution in [1.29, 1.82) is 0 Å². The average molecular weight is 1130 g/mol. The van der Waals surface area contributed by atoms with E-state index in [1.807, 2.05) is 12.1 Å². The first-order valence-corrected chi connectivity index (χ1v) is 28.6. The Morgan fingerprint density at radius 2 is 0.759 bits per heavy atom. The fourth-order valence-electron chi connectivity index (χ4n) is 9.99. The van der Waals surface area contributed by atoms with E-state index in [4.69, 9.17) is 52.4 Å². The van der Waals surface area contributed by atoms with Crippen LogP contribution in [0.4, 0.5) is 0 Å². The number of aromatic nitrogens is 1. The second kappa shape index (κ2) is 30.9. The zero-order valence-electron chi connectivity index (χ0n) is 46.9. The molecule has 2 saturated carbocycles. The lowest BCUT2D eigenvalue weighted by Gasteiger charge is -2.26. The molecule has 17 heteroatoms. The molecule has 1 aromatic heterocycles. The molecule has 17 nitrogen and oxygen atoms in total. The van der Waals surface area contributed by atoms with E-state index in [1.165, 1.54) is 0 Å². The number of pyridine rings is 1. The van der Waals surface area contributed by atoms with E-state index >= 15 is 0 Å². The average Bonchev–Trinajstić information content (AvgIpc) is 3.65. The maximum atomic E-state index is 13.7. The van der Waals surface area contributed by atoms with Crippen LogP contribution in [0.3, 0.4) is 0 Å². The summed E-state index contributed by atoms with van der Waals surface area (Å²) in [7, 11) is 1.58. The van der Waals surface area contributed by atoms with Gasteiger partial charge in [0.25, 0.3) is 0 Å². The summed E-state index contributed by atoms with van der Waals surface area (Å²) in [5, 5.41) is 2.08. The molecule has 0 spiro atoms. The molecule has 5 aromatic carbocycles. The van der Waals surface area contributed by atoms with E-state index < -0.39 is 35.7 Å². The summed E-state index contributed by atoms with van der Waals surface area (Å²) in [6, 6.07) is 31.4. The van der Waals surface area contributed by atoms with E-state index in [-0.39, 0.29) is 29.7 Å². The molecule has 2 aliphatic carbocycles. The van der Waals surface area contributed by atoms with Crippen LogP contribution in [0.5, 0.6) is 51.9 Å². The third-order valence-corrected chi connectivity index (χ3v) is 14.7. The van der Waals surface area contributed by atoms with Gasteiger partial charge in [0.05, 0.1) is 62.7 Å². The van der Waals surface area contributed by atoms with Crippen LogP contribution >= 0.6 is 0 Å². The number of unbranched alkanes of at least 4 members (excludes halogenated alkanes) is 6. The van der Waals surface area contributed by atoms with Crippen molar-refractivity contribution in [2.24, 2.45) is 23.7 Å². The van der Waals surface area contributed by atoms with Gasteiger partial charge in [0, 0.05) is 29.0 Å². The molecule has 6 aromatic rings. The Morgan fingerprint density at radius 3 is 1.18 bits per heavy atom. The number of carbonyl (C=O) groups excluding carboxylic acids is 6. The Hall–Kier alpha value is -8.73. The minimum atomic E-state index is -0.419. The van der Waals surface area contributed by atoms with Crippen LogP contribution in [0, 0.1) is 23.7 Å². The van der Waals surface area contributed by atoms with Gasteiger partial charge < -0.3 is 47.4 Å². The summed E-state index contributed by atoms with van der Waals surface area (Å²) in [5.74, 6) is 0.269. The lowest BCUT2D eigenvalue weighted by molar-refractivity contribution is -0.145.